The number of hydrogen-bond donors (Lipinski definition) is 1. The Labute approximate surface area is 329 Å². The largest absolute Gasteiger partial charge is 0.472 e. The van der Waals surface area contributed by atoms with E-state index < -0.39 is 26.5 Å². The second kappa shape index (κ2) is 39.7. The smallest absolute Gasteiger partial charge is 0.462 e. The van der Waals surface area contributed by atoms with Gasteiger partial charge < -0.3 is 14.4 Å². The summed E-state index contributed by atoms with van der Waals surface area (Å²) in [5.74, 6) is -0.820. The molecule has 0 aromatic rings. The van der Waals surface area contributed by atoms with Crippen molar-refractivity contribution in [3.05, 3.63) is 24.3 Å². The van der Waals surface area contributed by atoms with Gasteiger partial charge in [-0.3, -0.25) is 18.6 Å². The molecule has 1 radical (unpaired) electrons. The van der Waals surface area contributed by atoms with Crippen molar-refractivity contribution in [1.82, 2.24) is 0 Å². The minimum absolute atomic E-state index is 0. The van der Waals surface area contributed by atoms with Crippen molar-refractivity contribution in [3.8, 4) is 0 Å². The molecule has 10 heteroatoms. The van der Waals surface area contributed by atoms with Crippen LogP contribution in [-0.2, 0) is 32.7 Å². The van der Waals surface area contributed by atoms with Gasteiger partial charge in [0.1, 0.15) is 6.61 Å². The number of unbranched alkanes of at least 4 members (excludes halogenated alkanes) is 22. The zero-order valence-corrected chi connectivity index (χ0v) is 35.7. The number of carbonyl (C=O) groups is 2. The minimum Gasteiger partial charge on any atom is -0.462 e. The third-order valence-corrected chi connectivity index (χ3v) is 9.60. The van der Waals surface area contributed by atoms with Crippen LogP contribution in [0.2, 0.25) is 0 Å². The second-order valence-electron chi connectivity index (χ2n) is 13.4. The molecule has 0 spiro atoms. The van der Waals surface area contributed by atoms with E-state index in [1.165, 1.54) is 89.9 Å². The van der Waals surface area contributed by atoms with Gasteiger partial charge in [0.2, 0.25) is 0 Å². The number of hydrogen-bond acceptors (Lipinski definition) is 7. The van der Waals surface area contributed by atoms with Crippen molar-refractivity contribution >= 4 is 49.3 Å². The maximum atomic E-state index is 12.5. The summed E-state index contributed by atoms with van der Waals surface area (Å²) in [6, 6.07) is 0. The Bertz CT molecular complexity index is 866. The van der Waals surface area contributed by atoms with Gasteiger partial charge in [0.15, 0.2) is 6.10 Å². The van der Waals surface area contributed by atoms with Crippen LogP contribution in [-0.4, -0.2) is 72.8 Å². The van der Waals surface area contributed by atoms with Gasteiger partial charge in [0.25, 0.3) is 0 Å². The van der Waals surface area contributed by atoms with Gasteiger partial charge in [0, 0.05) is 49.5 Å². The van der Waals surface area contributed by atoms with Gasteiger partial charge in [-0.2, -0.15) is 0 Å². The van der Waals surface area contributed by atoms with Crippen LogP contribution in [0.15, 0.2) is 24.3 Å². The number of carbonyl (C=O) groups excluding carboxylic acids is 2. The SMILES string of the molecule is CCCCCCCC/C=C\CCCCCCCC(=O)OC[C@H](COP(=O)(O)OC)OC(=O)CCCCCCC/C=C\CCCCCCCC.[Na]. The van der Waals surface area contributed by atoms with E-state index in [0.717, 1.165) is 77.7 Å². The number of esters is 2. The number of rotatable bonds is 37. The van der Waals surface area contributed by atoms with Crippen LogP contribution in [0.4, 0.5) is 0 Å². The fourth-order valence-electron chi connectivity index (χ4n) is 5.53. The average molecular weight is 738 g/mol. The summed E-state index contributed by atoms with van der Waals surface area (Å²) in [6.07, 6.45) is 39.4. The van der Waals surface area contributed by atoms with Gasteiger partial charge in [-0.05, 0) is 64.2 Å². The first-order valence-electron chi connectivity index (χ1n) is 20.0. The molecule has 289 valence electrons. The minimum atomic E-state index is -4.26. The van der Waals surface area contributed by atoms with Crippen LogP contribution < -0.4 is 0 Å². The Morgan fingerprint density at radius 3 is 1.32 bits per heavy atom. The molecule has 0 fully saturated rings. The van der Waals surface area contributed by atoms with Crippen LogP contribution in [0, 0.1) is 0 Å². The standard InChI is InChI=1S/C40H75O8P.Na/c1-4-6-8-10-12-14-16-18-20-22-24-26-28-30-32-34-39(41)46-36-38(37-47-49(43,44)45-3)48-40(42)35-33-31-29-27-25-23-21-19-17-15-13-11-9-7-5-2;/h18-21,38H,4-17,22-37H2,1-3H3,(H,43,44);/b20-18-,21-19-;/t38-;/m1./s1. The van der Waals surface area contributed by atoms with Gasteiger partial charge in [-0.25, -0.2) is 4.57 Å². The van der Waals surface area contributed by atoms with Crippen LogP contribution >= 0.6 is 7.82 Å². The Morgan fingerprint density at radius 2 is 0.920 bits per heavy atom. The van der Waals surface area contributed by atoms with Crippen molar-refractivity contribution in [1.29, 1.82) is 0 Å². The van der Waals surface area contributed by atoms with E-state index in [0.29, 0.717) is 6.42 Å². The molecule has 0 bridgehead atoms. The van der Waals surface area contributed by atoms with Crippen molar-refractivity contribution in [2.75, 3.05) is 20.3 Å². The first-order valence-corrected chi connectivity index (χ1v) is 21.5. The zero-order valence-electron chi connectivity index (χ0n) is 32.9. The molecule has 50 heavy (non-hydrogen) atoms. The predicted molar refractivity (Wildman–Crippen MR) is 208 cm³/mol. The van der Waals surface area contributed by atoms with E-state index in [-0.39, 0.29) is 55.0 Å². The first-order chi connectivity index (χ1) is 23.8. The van der Waals surface area contributed by atoms with E-state index in [2.05, 4.69) is 42.7 Å². The predicted octanol–water partition coefficient (Wildman–Crippen LogP) is 11.9. The fourth-order valence-corrected chi connectivity index (χ4v) is 5.99. The molecule has 0 aromatic carbocycles. The van der Waals surface area contributed by atoms with Crippen molar-refractivity contribution in [3.63, 3.8) is 0 Å². The van der Waals surface area contributed by atoms with Gasteiger partial charge in [0.05, 0.1) is 6.61 Å². The van der Waals surface area contributed by atoms with Crippen LogP contribution in [0.1, 0.15) is 194 Å². The van der Waals surface area contributed by atoms with Crippen LogP contribution in [0.3, 0.4) is 0 Å². The molecule has 0 rings (SSSR count). The zero-order chi connectivity index (χ0) is 36.1. The molecule has 0 aliphatic carbocycles. The summed E-state index contributed by atoms with van der Waals surface area (Å²) in [4.78, 5) is 34.4. The Kier molecular flexibility index (Phi) is 41.0. The Morgan fingerprint density at radius 1 is 0.560 bits per heavy atom. The summed E-state index contributed by atoms with van der Waals surface area (Å²) in [5.41, 5.74) is 0. The van der Waals surface area contributed by atoms with Crippen LogP contribution in [0.5, 0.6) is 0 Å². The number of phosphoric acid groups is 1. The summed E-state index contributed by atoms with van der Waals surface area (Å²) < 4.78 is 31.9. The summed E-state index contributed by atoms with van der Waals surface area (Å²) in [6.45, 7) is 3.86. The third-order valence-electron chi connectivity index (χ3n) is 8.67. The summed E-state index contributed by atoms with van der Waals surface area (Å²) >= 11 is 0. The quantitative estimate of drug-likeness (QED) is 0.0221. The summed E-state index contributed by atoms with van der Waals surface area (Å²) in [5, 5.41) is 0. The van der Waals surface area contributed by atoms with E-state index in [1.807, 2.05) is 0 Å². The van der Waals surface area contributed by atoms with Gasteiger partial charge in [-0.15, -0.1) is 0 Å². The number of allylic oxidation sites excluding steroid dienone is 4. The van der Waals surface area contributed by atoms with Gasteiger partial charge in [-0.1, -0.05) is 141 Å². The maximum absolute atomic E-state index is 12.5. The second-order valence-corrected chi connectivity index (χ2v) is 15.0. The molecule has 0 saturated heterocycles. The van der Waals surface area contributed by atoms with E-state index in [1.54, 1.807) is 0 Å². The molecular weight excluding hydrogens is 662 g/mol. The van der Waals surface area contributed by atoms with Crippen molar-refractivity contribution in [2.45, 2.75) is 200 Å². The van der Waals surface area contributed by atoms with E-state index in [4.69, 9.17) is 14.0 Å². The molecule has 0 aromatic heterocycles. The molecule has 8 nitrogen and oxygen atoms in total. The molecule has 0 aliphatic rings. The molecule has 2 atom stereocenters. The van der Waals surface area contributed by atoms with E-state index in [9.17, 15) is 19.0 Å². The Hall–Kier alpha value is -0.470. The number of ether oxygens (including phenoxy) is 2. The first kappa shape index (κ1) is 51.6. The molecule has 1 N–H and O–H groups in total. The maximum Gasteiger partial charge on any atom is 0.472 e. The third kappa shape index (κ3) is 38.8. The molecule has 0 amide bonds. The fraction of sp³-hybridized carbons (Fsp3) is 0.850. The van der Waals surface area contributed by atoms with Crippen LogP contribution in [0.25, 0.3) is 0 Å². The number of phosphoric ester groups is 1. The molecular formula is C40H75NaO8P. The summed E-state index contributed by atoms with van der Waals surface area (Å²) in [7, 11) is -3.20. The Balaban J connectivity index is 0. The normalized spacial score (nSPS) is 13.4. The average Bonchev–Trinajstić information content (AvgIpc) is 3.09. The monoisotopic (exact) mass is 738 g/mol. The molecule has 1 unspecified atom stereocenters. The van der Waals surface area contributed by atoms with Crippen molar-refractivity contribution < 1.29 is 37.6 Å². The van der Waals surface area contributed by atoms with Crippen molar-refractivity contribution in [2.24, 2.45) is 0 Å². The molecule has 0 heterocycles. The molecule has 0 saturated carbocycles. The van der Waals surface area contributed by atoms with Gasteiger partial charge >= 0.3 is 19.8 Å². The van der Waals surface area contributed by atoms with E-state index >= 15 is 0 Å². The molecule has 0 aliphatic heterocycles. The topological polar surface area (TPSA) is 108 Å².